The van der Waals surface area contributed by atoms with Crippen LogP contribution in [0.2, 0.25) is 0 Å². The number of aliphatic hydroxyl groups is 1. The summed E-state index contributed by atoms with van der Waals surface area (Å²) in [5.74, 6) is 0. The van der Waals surface area contributed by atoms with E-state index in [1.54, 1.807) is 22.0 Å². The zero-order valence-corrected chi connectivity index (χ0v) is 11.0. The molecule has 2 rings (SSSR count). The van der Waals surface area contributed by atoms with Crippen LogP contribution in [0.3, 0.4) is 0 Å². The maximum atomic E-state index is 11.6. The highest BCUT2D eigenvalue weighted by molar-refractivity contribution is 5.70. The molecule has 1 saturated heterocycles. The first-order valence-electron chi connectivity index (χ1n) is 6.17. The number of cyclic esters (lactones) is 1. The lowest BCUT2D eigenvalue weighted by Gasteiger charge is -2.36. The van der Waals surface area contributed by atoms with E-state index in [9.17, 15) is 9.90 Å². The second-order valence-electron chi connectivity index (χ2n) is 4.55. The predicted octanol–water partition coefficient (Wildman–Crippen LogP) is 0.858. The average molecular weight is 253 g/mol. The highest BCUT2D eigenvalue weighted by Crippen LogP contribution is 2.34. The van der Waals surface area contributed by atoms with Gasteiger partial charge in [-0.3, -0.25) is 4.90 Å². The van der Waals surface area contributed by atoms with Gasteiger partial charge in [0.25, 0.3) is 0 Å². The molecular formula is C12H19N3O3. The molecule has 1 N–H and O–H groups in total. The normalized spacial score (nSPS) is 23.0. The Morgan fingerprint density at radius 3 is 2.83 bits per heavy atom. The molecule has 1 amide bonds. The molecule has 0 saturated carbocycles. The van der Waals surface area contributed by atoms with Gasteiger partial charge in [-0.05, 0) is 13.3 Å². The number of imidazole rings is 1. The van der Waals surface area contributed by atoms with Crippen LogP contribution in [0.1, 0.15) is 26.0 Å². The Morgan fingerprint density at radius 2 is 2.33 bits per heavy atom. The molecule has 1 aromatic rings. The van der Waals surface area contributed by atoms with E-state index < -0.39 is 5.60 Å². The van der Waals surface area contributed by atoms with Crippen LogP contribution in [-0.4, -0.2) is 44.8 Å². The van der Waals surface area contributed by atoms with Crippen LogP contribution < -0.4 is 0 Å². The summed E-state index contributed by atoms with van der Waals surface area (Å²) in [5, 5.41) is 10.9. The summed E-state index contributed by atoms with van der Waals surface area (Å²) in [6.45, 7) is 4.49. The van der Waals surface area contributed by atoms with Crippen LogP contribution in [0.15, 0.2) is 12.5 Å². The number of carbonyl (C=O) groups excluding carboxylic acids is 1. The summed E-state index contributed by atoms with van der Waals surface area (Å²) >= 11 is 0. The number of hydrogen-bond acceptors (Lipinski definition) is 4. The lowest BCUT2D eigenvalue weighted by atomic mass is 9.87. The molecule has 6 heteroatoms. The third-order valence-electron chi connectivity index (χ3n) is 3.67. The van der Waals surface area contributed by atoms with Crippen LogP contribution in [0.4, 0.5) is 4.79 Å². The van der Waals surface area contributed by atoms with Crippen molar-refractivity contribution >= 4 is 6.09 Å². The van der Waals surface area contributed by atoms with E-state index in [4.69, 9.17) is 4.74 Å². The standard InChI is InChI=1S/C12H19N3O3/c1-4-12(17,9-6-13-8-14(9)3)10-7-18-11(16)15(10)5-2/h6,8,10,17H,4-5,7H2,1-3H3/t10?,12-/m0/s1. The number of aromatic nitrogens is 2. The van der Waals surface area contributed by atoms with Gasteiger partial charge in [0.2, 0.25) is 0 Å². The average Bonchev–Trinajstić information content (AvgIpc) is 2.94. The maximum absolute atomic E-state index is 11.6. The Hall–Kier alpha value is -1.56. The molecule has 0 aromatic carbocycles. The Labute approximate surface area is 106 Å². The van der Waals surface area contributed by atoms with E-state index in [-0.39, 0.29) is 18.7 Å². The number of rotatable bonds is 4. The van der Waals surface area contributed by atoms with E-state index in [1.807, 2.05) is 20.9 Å². The lowest BCUT2D eigenvalue weighted by molar-refractivity contribution is -0.0382. The van der Waals surface area contributed by atoms with Crippen LogP contribution >= 0.6 is 0 Å². The summed E-state index contributed by atoms with van der Waals surface area (Å²) in [7, 11) is 1.83. The van der Waals surface area contributed by atoms with Crippen molar-refractivity contribution in [2.75, 3.05) is 13.2 Å². The molecule has 2 heterocycles. The number of aryl methyl sites for hydroxylation is 1. The fraction of sp³-hybridized carbons (Fsp3) is 0.667. The van der Waals surface area contributed by atoms with Crippen LogP contribution in [-0.2, 0) is 17.4 Å². The van der Waals surface area contributed by atoms with Gasteiger partial charge in [-0.1, -0.05) is 6.92 Å². The molecule has 1 aromatic heterocycles. The van der Waals surface area contributed by atoms with Crippen molar-refractivity contribution in [2.45, 2.75) is 31.9 Å². The van der Waals surface area contributed by atoms with Gasteiger partial charge in [-0.2, -0.15) is 0 Å². The molecule has 1 fully saturated rings. The topological polar surface area (TPSA) is 67.6 Å². The molecule has 6 nitrogen and oxygen atoms in total. The van der Waals surface area contributed by atoms with Crippen LogP contribution in [0.5, 0.6) is 0 Å². The van der Waals surface area contributed by atoms with Gasteiger partial charge >= 0.3 is 6.09 Å². The van der Waals surface area contributed by atoms with E-state index in [2.05, 4.69) is 4.98 Å². The number of likely N-dealkylation sites (N-methyl/N-ethyl adjacent to an activating group) is 1. The first-order valence-corrected chi connectivity index (χ1v) is 6.17. The van der Waals surface area contributed by atoms with Gasteiger partial charge in [0.05, 0.1) is 18.2 Å². The summed E-state index contributed by atoms with van der Waals surface area (Å²) in [6, 6.07) is -0.365. The molecule has 0 radical (unpaired) electrons. The highest BCUT2D eigenvalue weighted by atomic mass is 16.6. The van der Waals surface area contributed by atoms with Crippen molar-refractivity contribution in [1.29, 1.82) is 0 Å². The van der Waals surface area contributed by atoms with Crippen LogP contribution in [0.25, 0.3) is 0 Å². The summed E-state index contributed by atoms with van der Waals surface area (Å²) in [5.41, 5.74) is -0.431. The molecule has 1 unspecified atom stereocenters. The van der Waals surface area contributed by atoms with E-state index in [0.29, 0.717) is 18.7 Å². The Bertz CT molecular complexity index is 446. The Morgan fingerprint density at radius 1 is 1.61 bits per heavy atom. The molecule has 100 valence electrons. The smallest absolute Gasteiger partial charge is 0.410 e. The third kappa shape index (κ3) is 1.77. The fourth-order valence-electron chi connectivity index (χ4n) is 2.56. The zero-order chi connectivity index (χ0) is 13.3. The van der Waals surface area contributed by atoms with Crippen LogP contribution in [0, 0.1) is 0 Å². The number of hydrogen-bond donors (Lipinski definition) is 1. The van der Waals surface area contributed by atoms with E-state index in [1.165, 1.54) is 0 Å². The van der Waals surface area contributed by atoms with Crippen molar-refractivity contribution in [3.05, 3.63) is 18.2 Å². The van der Waals surface area contributed by atoms with Gasteiger partial charge in [0, 0.05) is 13.6 Å². The lowest BCUT2D eigenvalue weighted by Crippen LogP contribution is -2.50. The second-order valence-corrected chi connectivity index (χ2v) is 4.55. The SMILES string of the molecule is CCN1C(=O)OCC1[C@](O)(CC)c1cncn1C. The molecule has 1 aliphatic rings. The first kappa shape index (κ1) is 12.9. The van der Waals surface area contributed by atoms with Crippen molar-refractivity contribution in [3.63, 3.8) is 0 Å². The van der Waals surface area contributed by atoms with E-state index >= 15 is 0 Å². The molecule has 0 spiro atoms. The minimum atomic E-state index is -1.13. The quantitative estimate of drug-likeness (QED) is 0.864. The van der Waals surface area contributed by atoms with Crippen molar-refractivity contribution in [1.82, 2.24) is 14.5 Å². The Balaban J connectivity index is 2.39. The number of nitrogens with zero attached hydrogens (tertiary/aromatic N) is 3. The van der Waals surface area contributed by atoms with Crippen molar-refractivity contribution in [2.24, 2.45) is 7.05 Å². The Kier molecular flexibility index (Phi) is 3.30. The highest BCUT2D eigenvalue weighted by Gasteiger charge is 2.48. The maximum Gasteiger partial charge on any atom is 0.410 e. The summed E-state index contributed by atoms with van der Waals surface area (Å²) < 4.78 is 6.83. The molecular weight excluding hydrogens is 234 g/mol. The zero-order valence-electron chi connectivity index (χ0n) is 11.0. The van der Waals surface area contributed by atoms with Crippen molar-refractivity contribution in [3.8, 4) is 0 Å². The fourth-order valence-corrected chi connectivity index (χ4v) is 2.56. The summed E-state index contributed by atoms with van der Waals surface area (Å²) in [6.07, 6.45) is 3.41. The molecule has 18 heavy (non-hydrogen) atoms. The number of ether oxygens (including phenoxy) is 1. The number of carbonyl (C=O) groups is 1. The summed E-state index contributed by atoms with van der Waals surface area (Å²) in [4.78, 5) is 17.2. The van der Waals surface area contributed by atoms with Gasteiger partial charge < -0.3 is 14.4 Å². The molecule has 2 atom stereocenters. The monoisotopic (exact) mass is 253 g/mol. The molecule has 0 bridgehead atoms. The second kappa shape index (κ2) is 4.61. The molecule has 0 aliphatic carbocycles. The van der Waals surface area contributed by atoms with Crippen molar-refractivity contribution < 1.29 is 14.6 Å². The minimum absolute atomic E-state index is 0.211. The molecule has 1 aliphatic heterocycles. The predicted molar refractivity (Wildman–Crippen MR) is 64.9 cm³/mol. The van der Waals surface area contributed by atoms with Gasteiger partial charge in [0.1, 0.15) is 18.2 Å². The van der Waals surface area contributed by atoms with Gasteiger partial charge in [-0.15, -0.1) is 0 Å². The van der Waals surface area contributed by atoms with E-state index in [0.717, 1.165) is 0 Å². The largest absolute Gasteiger partial charge is 0.447 e. The first-order chi connectivity index (χ1) is 8.54. The minimum Gasteiger partial charge on any atom is -0.447 e. The third-order valence-corrected chi connectivity index (χ3v) is 3.67. The number of amides is 1. The van der Waals surface area contributed by atoms with Gasteiger partial charge in [-0.25, -0.2) is 9.78 Å². The van der Waals surface area contributed by atoms with Gasteiger partial charge in [0.15, 0.2) is 0 Å².